The van der Waals surface area contributed by atoms with E-state index >= 15 is 0 Å². The van der Waals surface area contributed by atoms with E-state index in [9.17, 15) is 13.6 Å². The lowest BCUT2D eigenvalue weighted by molar-refractivity contribution is 0.0947. The fourth-order valence-electron chi connectivity index (χ4n) is 5.02. The molecule has 5 aromatic rings. The average molecular weight is 580 g/mol. The molecule has 6 rings (SSSR count). The Hall–Kier alpha value is -4.63. The zero-order chi connectivity index (χ0) is 29.4. The van der Waals surface area contributed by atoms with E-state index in [4.69, 9.17) is 10.2 Å². The molecule has 42 heavy (non-hydrogen) atoms. The van der Waals surface area contributed by atoms with Gasteiger partial charge in [-0.3, -0.25) is 9.69 Å². The highest BCUT2D eigenvalue weighted by Crippen LogP contribution is 2.26. The van der Waals surface area contributed by atoms with Gasteiger partial charge in [0, 0.05) is 51.9 Å². The Labute approximate surface area is 239 Å². The number of nitrogens with one attached hydrogen (secondary N) is 1. The second-order valence-electron chi connectivity index (χ2n) is 10.4. The quantitative estimate of drug-likeness (QED) is 0.265. The van der Waals surface area contributed by atoms with Gasteiger partial charge in [-0.2, -0.15) is 14.6 Å². The Morgan fingerprint density at radius 1 is 1.10 bits per heavy atom. The predicted octanol–water partition coefficient (Wildman–Crippen LogP) is 1.71. The number of amides is 1. The van der Waals surface area contributed by atoms with Gasteiger partial charge in [0.25, 0.3) is 5.91 Å². The number of benzene rings is 1. The molecule has 13 nitrogen and oxygen atoms in total. The smallest absolute Gasteiger partial charge is 0.254 e. The number of piperazine rings is 1. The van der Waals surface area contributed by atoms with E-state index < -0.39 is 17.5 Å². The maximum Gasteiger partial charge on any atom is 0.254 e. The Balaban J connectivity index is 1.10. The minimum atomic E-state index is -0.876. The zero-order valence-electron chi connectivity index (χ0n) is 23.3. The fourth-order valence-corrected chi connectivity index (χ4v) is 5.02. The molecule has 0 atom stereocenters. The van der Waals surface area contributed by atoms with Gasteiger partial charge >= 0.3 is 0 Å². The highest BCUT2D eigenvalue weighted by Gasteiger charge is 2.24. The molecule has 0 radical (unpaired) electrons. The molecule has 15 heteroatoms. The average Bonchev–Trinajstić information content (AvgIpc) is 3.72. The van der Waals surface area contributed by atoms with Crippen LogP contribution in [-0.4, -0.2) is 105 Å². The summed E-state index contributed by atoms with van der Waals surface area (Å²) in [6, 6.07) is 5.62. The molecule has 1 aliphatic heterocycles. The maximum absolute atomic E-state index is 14.8. The second-order valence-corrected chi connectivity index (χ2v) is 10.4. The third kappa shape index (κ3) is 5.35. The number of fused-ring (bicyclic) bond motifs is 3. The number of carbonyl (C=O) groups excluding carboxylic acids is 1. The number of carbonyl (C=O) groups is 1. The number of hydrogen-bond donors (Lipinski definition) is 2. The molecule has 1 fully saturated rings. The summed E-state index contributed by atoms with van der Waals surface area (Å²) in [6.45, 7) is 4.53. The zero-order valence-corrected chi connectivity index (χ0v) is 23.3. The normalized spacial score (nSPS) is 14.5. The van der Waals surface area contributed by atoms with Gasteiger partial charge in [-0.05, 0) is 32.3 Å². The van der Waals surface area contributed by atoms with Crippen molar-refractivity contribution in [2.45, 2.75) is 6.54 Å². The minimum Gasteiger partial charge on any atom is -0.461 e. The van der Waals surface area contributed by atoms with Crippen LogP contribution in [0.25, 0.3) is 28.3 Å². The third-order valence-electron chi connectivity index (χ3n) is 7.31. The van der Waals surface area contributed by atoms with Crippen LogP contribution >= 0.6 is 0 Å². The number of nitrogens with zero attached hydrogens (tertiary/aromatic N) is 9. The second kappa shape index (κ2) is 11.3. The van der Waals surface area contributed by atoms with Gasteiger partial charge in [-0.15, -0.1) is 5.10 Å². The summed E-state index contributed by atoms with van der Waals surface area (Å²) in [5, 5.41) is 12.3. The fraction of sp³-hybridized carbons (Fsp3) is 0.370. The van der Waals surface area contributed by atoms with E-state index in [0.717, 1.165) is 6.07 Å². The van der Waals surface area contributed by atoms with Gasteiger partial charge in [-0.25, -0.2) is 18.4 Å². The van der Waals surface area contributed by atoms with Crippen molar-refractivity contribution < 1.29 is 18.0 Å². The third-order valence-corrected chi connectivity index (χ3v) is 7.31. The van der Waals surface area contributed by atoms with Crippen molar-refractivity contribution >= 4 is 34.2 Å². The summed E-state index contributed by atoms with van der Waals surface area (Å²) in [5.74, 6) is -1.01. The Kier molecular flexibility index (Phi) is 7.43. The lowest BCUT2D eigenvalue weighted by Crippen LogP contribution is -2.47. The predicted molar refractivity (Wildman–Crippen MR) is 152 cm³/mol. The molecule has 0 unspecified atom stereocenters. The Morgan fingerprint density at radius 2 is 1.90 bits per heavy atom. The molecular weight excluding hydrogens is 548 g/mol. The molecule has 0 spiro atoms. The van der Waals surface area contributed by atoms with E-state index in [1.54, 1.807) is 29.3 Å². The topological polar surface area (TPSA) is 139 Å². The van der Waals surface area contributed by atoms with E-state index in [0.29, 0.717) is 80.6 Å². The first-order valence-corrected chi connectivity index (χ1v) is 13.6. The van der Waals surface area contributed by atoms with Crippen molar-refractivity contribution in [2.24, 2.45) is 0 Å². The van der Waals surface area contributed by atoms with Crippen molar-refractivity contribution in [3.05, 3.63) is 53.9 Å². The van der Waals surface area contributed by atoms with Crippen LogP contribution in [0.4, 0.5) is 20.4 Å². The van der Waals surface area contributed by atoms with Crippen molar-refractivity contribution in [2.75, 3.05) is 70.5 Å². The maximum atomic E-state index is 14.8. The standard InChI is InChI=1S/C27H31F2N11O2/c1-36(2)6-5-31-26(41)17-14-21(20(29)15-19(17)28)38-10-7-37(8-11-38)9-12-39-24-18(16-32-39)25-33-23(22-4-3-13-42-22)35-40(25)27(30)34-24/h3-4,13-16H,5-12H2,1-2H3,(H2,30,34)(H,31,41). The summed E-state index contributed by atoms with van der Waals surface area (Å²) in [6.07, 6.45) is 3.25. The first-order valence-electron chi connectivity index (χ1n) is 13.6. The van der Waals surface area contributed by atoms with Gasteiger partial charge in [0.05, 0.1) is 35.6 Å². The molecule has 0 bridgehead atoms. The van der Waals surface area contributed by atoms with Gasteiger partial charge in [0.1, 0.15) is 11.6 Å². The van der Waals surface area contributed by atoms with E-state index in [1.165, 1.54) is 10.6 Å². The number of nitrogen functional groups attached to an aromatic ring is 1. The van der Waals surface area contributed by atoms with Crippen LogP contribution < -0.4 is 16.0 Å². The van der Waals surface area contributed by atoms with Gasteiger partial charge in [0.2, 0.25) is 11.8 Å². The van der Waals surface area contributed by atoms with E-state index in [1.807, 2.05) is 23.9 Å². The van der Waals surface area contributed by atoms with Crippen LogP contribution in [0.5, 0.6) is 0 Å². The monoisotopic (exact) mass is 579 g/mol. The largest absolute Gasteiger partial charge is 0.461 e. The number of rotatable bonds is 9. The molecule has 1 aliphatic rings. The number of nitrogens with two attached hydrogens (primary N) is 1. The molecule has 0 aliphatic carbocycles. The first kappa shape index (κ1) is 27.5. The molecule has 0 saturated carbocycles. The highest BCUT2D eigenvalue weighted by atomic mass is 19.1. The number of furan rings is 1. The number of likely N-dealkylation sites (N-methyl/N-ethyl adjacent to an activating group) is 1. The summed E-state index contributed by atoms with van der Waals surface area (Å²) in [5.41, 5.74) is 7.39. The summed E-state index contributed by atoms with van der Waals surface area (Å²) in [4.78, 5) is 27.6. The van der Waals surface area contributed by atoms with Crippen molar-refractivity contribution in [1.29, 1.82) is 0 Å². The van der Waals surface area contributed by atoms with Crippen molar-refractivity contribution in [3.8, 4) is 11.6 Å². The summed E-state index contributed by atoms with van der Waals surface area (Å²) < 4.78 is 37.9. The summed E-state index contributed by atoms with van der Waals surface area (Å²) >= 11 is 0. The number of halogens is 2. The van der Waals surface area contributed by atoms with E-state index in [2.05, 4.69) is 30.4 Å². The van der Waals surface area contributed by atoms with Gasteiger partial charge in [-0.1, -0.05) is 0 Å². The van der Waals surface area contributed by atoms with Crippen LogP contribution in [0.2, 0.25) is 0 Å². The molecule has 4 aromatic heterocycles. The SMILES string of the molecule is CN(C)CCNC(=O)c1cc(N2CCN(CCn3ncc4c3nc(N)n3nc(-c5ccco5)nc43)CC2)c(F)cc1F. The van der Waals surface area contributed by atoms with Gasteiger partial charge < -0.3 is 25.3 Å². The van der Waals surface area contributed by atoms with Crippen LogP contribution in [-0.2, 0) is 6.54 Å². The molecule has 220 valence electrons. The number of aromatic nitrogens is 6. The van der Waals surface area contributed by atoms with Crippen LogP contribution in [0.3, 0.4) is 0 Å². The van der Waals surface area contributed by atoms with Gasteiger partial charge in [0.15, 0.2) is 17.1 Å². The highest BCUT2D eigenvalue weighted by molar-refractivity contribution is 5.95. The van der Waals surface area contributed by atoms with E-state index in [-0.39, 0.29) is 17.2 Å². The molecule has 3 N–H and O–H groups in total. The minimum absolute atomic E-state index is 0.164. The van der Waals surface area contributed by atoms with Crippen LogP contribution in [0.15, 0.2) is 41.1 Å². The van der Waals surface area contributed by atoms with Crippen LogP contribution in [0, 0.1) is 11.6 Å². The lowest BCUT2D eigenvalue weighted by atomic mass is 10.1. The molecule has 1 aromatic carbocycles. The van der Waals surface area contributed by atoms with Crippen molar-refractivity contribution in [3.63, 3.8) is 0 Å². The molecule has 1 saturated heterocycles. The lowest BCUT2D eigenvalue weighted by Gasteiger charge is -2.36. The van der Waals surface area contributed by atoms with Crippen molar-refractivity contribution in [1.82, 2.24) is 44.5 Å². The summed E-state index contributed by atoms with van der Waals surface area (Å²) in [7, 11) is 3.75. The number of anilines is 2. The molecular formula is C27H31F2N11O2. The molecule has 1 amide bonds. The van der Waals surface area contributed by atoms with Crippen LogP contribution in [0.1, 0.15) is 10.4 Å². The Morgan fingerprint density at radius 3 is 2.64 bits per heavy atom. The number of hydrogen-bond acceptors (Lipinski definition) is 10. The first-order chi connectivity index (χ1) is 20.3. The molecule has 5 heterocycles. The Bertz CT molecular complexity index is 1720.